The highest BCUT2D eigenvalue weighted by Crippen LogP contribution is 2.23. The first-order chi connectivity index (χ1) is 8.73. The SMILES string of the molecule is CCC(NS(=O)(=O)CCC(F)(F)F)C1CCOCC1. The fourth-order valence-corrected chi connectivity index (χ4v) is 3.61. The molecule has 0 radical (unpaired) electrons. The Balaban J connectivity index is 2.53. The quantitative estimate of drug-likeness (QED) is 0.817. The van der Waals surface area contributed by atoms with Crippen molar-refractivity contribution in [2.45, 2.75) is 44.8 Å². The molecule has 4 nitrogen and oxygen atoms in total. The van der Waals surface area contributed by atoms with Crippen molar-refractivity contribution in [3.63, 3.8) is 0 Å². The van der Waals surface area contributed by atoms with Crippen molar-refractivity contribution in [3.8, 4) is 0 Å². The highest BCUT2D eigenvalue weighted by atomic mass is 32.2. The summed E-state index contributed by atoms with van der Waals surface area (Å²) in [7, 11) is -3.89. The standard InChI is InChI=1S/C11H20F3NO3S/c1-2-10(9-3-6-18-7-4-9)15-19(16,17)8-5-11(12,13)14/h9-10,15H,2-8H2,1H3. The van der Waals surface area contributed by atoms with Crippen LogP contribution in [0.2, 0.25) is 0 Å². The third-order valence-electron chi connectivity index (χ3n) is 3.26. The van der Waals surface area contributed by atoms with Gasteiger partial charge in [-0.1, -0.05) is 6.92 Å². The van der Waals surface area contributed by atoms with Crippen LogP contribution in [0.1, 0.15) is 32.6 Å². The van der Waals surface area contributed by atoms with E-state index in [1.807, 2.05) is 6.92 Å². The zero-order valence-electron chi connectivity index (χ0n) is 10.9. The predicted molar refractivity (Wildman–Crippen MR) is 65.2 cm³/mol. The number of ether oxygens (including phenoxy) is 1. The summed E-state index contributed by atoms with van der Waals surface area (Å²) in [6, 6.07) is -0.304. The topological polar surface area (TPSA) is 55.4 Å². The number of hydrogen-bond acceptors (Lipinski definition) is 3. The van der Waals surface area contributed by atoms with Crippen molar-refractivity contribution in [3.05, 3.63) is 0 Å². The third-order valence-corrected chi connectivity index (χ3v) is 4.66. The molecule has 0 spiro atoms. The first kappa shape index (κ1) is 16.7. The van der Waals surface area contributed by atoms with Crippen molar-refractivity contribution >= 4 is 10.0 Å². The Hall–Kier alpha value is -0.340. The van der Waals surface area contributed by atoms with Gasteiger partial charge in [0.15, 0.2) is 0 Å². The second-order valence-electron chi connectivity index (χ2n) is 4.77. The summed E-state index contributed by atoms with van der Waals surface area (Å²) < 4.78 is 67.0. The maximum atomic E-state index is 12.1. The van der Waals surface area contributed by atoms with Gasteiger partial charge in [0.05, 0.1) is 12.2 Å². The van der Waals surface area contributed by atoms with Gasteiger partial charge >= 0.3 is 6.18 Å². The summed E-state index contributed by atoms with van der Waals surface area (Å²) in [4.78, 5) is 0. The summed E-state index contributed by atoms with van der Waals surface area (Å²) in [6.07, 6.45) is -3.72. The Morgan fingerprint density at radius 1 is 1.32 bits per heavy atom. The van der Waals surface area contributed by atoms with Gasteiger partial charge in [0.25, 0.3) is 0 Å². The summed E-state index contributed by atoms with van der Waals surface area (Å²) in [5, 5.41) is 0. The minimum atomic E-state index is -4.45. The van der Waals surface area contributed by atoms with Gasteiger partial charge in [-0.3, -0.25) is 0 Å². The van der Waals surface area contributed by atoms with E-state index in [1.54, 1.807) is 0 Å². The van der Waals surface area contributed by atoms with Crippen LogP contribution in [-0.2, 0) is 14.8 Å². The van der Waals surface area contributed by atoms with Crippen LogP contribution in [0.3, 0.4) is 0 Å². The molecule has 1 rings (SSSR count). The Bertz CT molecular complexity index is 364. The van der Waals surface area contributed by atoms with E-state index in [2.05, 4.69) is 4.72 Å². The van der Waals surface area contributed by atoms with Crippen molar-refractivity contribution in [1.29, 1.82) is 0 Å². The van der Waals surface area contributed by atoms with E-state index in [9.17, 15) is 21.6 Å². The minimum absolute atomic E-state index is 0.138. The van der Waals surface area contributed by atoms with E-state index in [-0.39, 0.29) is 12.0 Å². The van der Waals surface area contributed by atoms with Gasteiger partial charge in [-0.15, -0.1) is 0 Å². The smallest absolute Gasteiger partial charge is 0.381 e. The van der Waals surface area contributed by atoms with Crippen LogP contribution < -0.4 is 4.72 Å². The van der Waals surface area contributed by atoms with E-state index >= 15 is 0 Å². The van der Waals surface area contributed by atoms with E-state index in [0.717, 1.165) is 12.8 Å². The molecule has 114 valence electrons. The molecule has 0 aromatic heterocycles. The number of nitrogens with one attached hydrogen (secondary N) is 1. The van der Waals surface area contributed by atoms with Gasteiger partial charge in [-0.25, -0.2) is 13.1 Å². The maximum Gasteiger partial charge on any atom is 0.390 e. The first-order valence-corrected chi connectivity index (χ1v) is 8.03. The van der Waals surface area contributed by atoms with Gasteiger partial charge in [0, 0.05) is 19.3 Å². The predicted octanol–water partition coefficient (Wildman–Crippen LogP) is 2.06. The van der Waals surface area contributed by atoms with Crippen LogP contribution in [0.4, 0.5) is 13.2 Å². The molecular formula is C11H20F3NO3S. The Morgan fingerprint density at radius 2 is 1.89 bits per heavy atom. The molecule has 1 unspecified atom stereocenters. The lowest BCUT2D eigenvalue weighted by molar-refractivity contribution is -0.130. The first-order valence-electron chi connectivity index (χ1n) is 6.38. The van der Waals surface area contributed by atoms with E-state index in [1.165, 1.54) is 0 Å². The minimum Gasteiger partial charge on any atom is -0.381 e. The van der Waals surface area contributed by atoms with E-state index in [4.69, 9.17) is 4.74 Å². The van der Waals surface area contributed by atoms with Crippen LogP contribution >= 0.6 is 0 Å². The maximum absolute atomic E-state index is 12.1. The molecule has 0 amide bonds. The van der Waals surface area contributed by atoms with Crippen LogP contribution in [0.25, 0.3) is 0 Å². The van der Waals surface area contributed by atoms with Gasteiger partial charge in [-0.2, -0.15) is 13.2 Å². The molecule has 1 atom stereocenters. The second kappa shape index (κ2) is 6.90. The van der Waals surface area contributed by atoms with E-state index < -0.39 is 28.4 Å². The lowest BCUT2D eigenvalue weighted by Crippen LogP contribution is -2.43. The average Bonchev–Trinajstić information content (AvgIpc) is 2.34. The number of halogens is 3. The summed E-state index contributed by atoms with van der Waals surface area (Å²) >= 11 is 0. The molecule has 19 heavy (non-hydrogen) atoms. The Morgan fingerprint density at radius 3 is 2.37 bits per heavy atom. The second-order valence-corrected chi connectivity index (χ2v) is 6.64. The monoisotopic (exact) mass is 303 g/mol. The zero-order valence-corrected chi connectivity index (χ0v) is 11.7. The fraction of sp³-hybridized carbons (Fsp3) is 1.00. The van der Waals surface area contributed by atoms with Gasteiger partial charge in [0.2, 0.25) is 10.0 Å². The molecule has 8 heteroatoms. The number of hydrogen-bond donors (Lipinski definition) is 1. The number of sulfonamides is 1. The lowest BCUT2D eigenvalue weighted by Gasteiger charge is -2.30. The molecule has 1 N–H and O–H groups in total. The van der Waals surface area contributed by atoms with Crippen LogP contribution in [0.5, 0.6) is 0 Å². The van der Waals surface area contributed by atoms with Crippen molar-refractivity contribution < 1.29 is 26.3 Å². The molecule has 0 aromatic carbocycles. The molecule has 0 saturated carbocycles. The van der Waals surface area contributed by atoms with Crippen molar-refractivity contribution in [1.82, 2.24) is 4.72 Å². The van der Waals surface area contributed by atoms with Gasteiger partial charge in [0.1, 0.15) is 0 Å². The van der Waals surface area contributed by atoms with Crippen LogP contribution in [0.15, 0.2) is 0 Å². The molecule has 0 bridgehead atoms. The average molecular weight is 303 g/mol. The zero-order chi connectivity index (χ0) is 14.5. The largest absolute Gasteiger partial charge is 0.390 e. The molecule has 1 aliphatic rings. The number of rotatable bonds is 6. The third kappa shape index (κ3) is 6.58. The molecule has 1 saturated heterocycles. The van der Waals surface area contributed by atoms with Gasteiger partial charge in [-0.05, 0) is 25.2 Å². The molecule has 0 aliphatic carbocycles. The molecular weight excluding hydrogens is 283 g/mol. The highest BCUT2D eigenvalue weighted by Gasteiger charge is 2.32. The van der Waals surface area contributed by atoms with Crippen molar-refractivity contribution in [2.75, 3.05) is 19.0 Å². The van der Waals surface area contributed by atoms with Crippen LogP contribution in [0, 0.1) is 5.92 Å². The molecule has 1 fully saturated rings. The summed E-state index contributed by atoms with van der Waals surface area (Å²) in [5.41, 5.74) is 0. The number of alkyl halides is 3. The normalized spacial score (nSPS) is 20.4. The Labute approximate surface area is 111 Å². The highest BCUT2D eigenvalue weighted by molar-refractivity contribution is 7.89. The lowest BCUT2D eigenvalue weighted by atomic mass is 9.91. The molecule has 1 aliphatic heterocycles. The van der Waals surface area contributed by atoms with E-state index in [0.29, 0.717) is 19.6 Å². The molecule has 0 aromatic rings. The molecule has 1 heterocycles. The van der Waals surface area contributed by atoms with Crippen LogP contribution in [-0.4, -0.2) is 39.6 Å². The fourth-order valence-electron chi connectivity index (χ4n) is 2.17. The summed E-state index contributed by atoms with van der Waals surface area (Å²) in [5.74, 6) is -0.768. The van der Waals surface area contributed by atoms with Crippen molar-refractivity contribution in [2.24, 2.45) is 5.92 Å². The summed E-state index contributed by atoms with van der Waals surface area (Å²) in [6.45, 7) is 2.98. The van der Waals surface area contributed by atoms with Gasteiger partial charge < -0.3 is 4.74 Å². The Kier molecular flexibility index (Phi) is 6.07.